The van der Waals surface area contributed by atoms with Crippen molar-refractivity contribution in [3.8, 4) is 16.9 Å². The van der Waals surface area contributed by atoms with Crippen LogP contribution in [0.25, 0.3) is 11.1 Å². The van der Waals surface area contributed by atoms with Gasteiger partial charge in [0.05, 0.1) is 6.20 Å². The minimum atomic E-state index is -0.432. The number of aromatic amines is 1. The van der Waals surface area contributed by atoms with E-state index in [0.29, 0.717) is 41.2 Å². The Hall–Kier alpha value is -3.79. The summed E-state index contributed by atoms with van der Waals surface area (Å²) in [6.45, 7) is 14.2. The van der Waals surface area contributed by atoms with Gasteiger partial charge in [0.1, 0.15) is 11.6 Å². The fourth-order valence-electron chi connectivity index (χ4n) is 5.58. The molecule has 1 aromatic heterocycles. The molecule has 0 saturated carbocycles. The number of aliphatic imine (C=N–C) groups is 2. The Morgan fingerprint density at radius 2 is 1.95 bits per heavy atom. The van der Waals surface area contributed by atoms with Crippen molar-refractivity contribution in [3.05, 3.63) is 58.7 Å². The number of piperidine rings is 1. The molecule has 1 aromatic carbocycles. The number of rotatable bonds is 8. The summed E-state index contributed by atoms with van der Waals surface area (Å²) in [6.07, 6.45) is 6.48. The molecule has 204 valence electrons. The van der Waals surface area contributed by atoms with Gasteiger partial charge in [-0.05, 0) is 71.9 Å². The molecule has 0 unspecified atom stereocenters. The summed E-state index contributed by atoms with van der Waals surface area (Å²) >= 11 is 0. The number of H-pyrrole nitrogens is 1. The predicted octanol–water partition coefficient (Wildman–Crippen LogP) is 3.28. The smallest absolute Gasteiger partial charge is 0.344 e. The number of nitrogens with zero attached hydrogens (tertiary/aromatic N) is 5. The Balaban J connectivity index is 1.82. The monoisotopic (exact) mass is 521 g/mol. The van der Waals surface area contributed by atoms with Gasteiger partial charge in [-0.2, -0.15) is 0 Å². The molecule has 0 spiro atoms. The van der Waals surface area contributed by atoms with Gasteiger partial charge in [0.15, 0.2) is 0 Å². The van der Waals surface area contributed by atoms with E-state index in [-0.39, 0.29) is 28.8 Å². The van der Waals surface area contributed by atoms with E-state index >= 15 is 0 Å². The van der Waals surface area contributed by atoms with E-state index in [1.54, 1.807) is 31.5 Å². The number of aromatic hydroxyl groups is 1. The van der Waals surface area contributed by atoms with Crippen LogP contribution in [0.5, 0.6) is 5.75 Å². The van der Waals surface area contributed by atoms with E-state index in [1.807, 2.05) is 18.0 Å². The van der Waals surface area contributed by atoms with Crippen molar-refractivity contribution in [2.75, 3.05) is 13.6 Å². The zero-order valence-corrected chi connectivity index (χ0v) is 23.2. The summed E-state index contributed by atoms with van der Waals surface area (Å²) < 4.78 is 0. The Kier molecular flexibility index (Phi) is 8.56. The van der Waals surface area contributed by atoms with Crippen molar-refractivity contribution in [2.24, 2.45) is 15.7 Å². The van der Waals surface area contributed by atoms with E-state index in [2.05, 4.69) is 59.3 Å². The maximum atomic E-state index is 12.9. The van der Waals surface area contributed by atoms with Gasteiger partial charge in [0.25, 0.3) is 0 Å². The second-order valence-corrected chi connectivity index (χ2v) is 11.0. The number of carbonyl (C=O) groups is 1. The number of nitrogens with one attached hydrogen (secondary N) is 1. The number of aromatic nitrogens is 2. The molecule has 10 heteroatoms. The Bertz CT molecular complexity index is 1270. The van der Waals surface area contributed by atoms with Crippen LogP contribution in [0.3, 0.4) is 0 Å². The summed E-state index contributed by atoms with van der Waals surface area (Å²) in [5.74, 6) is 0.727. The van der Waals surface area contributed by atoms with Crippen LogP contribution in [-0.4, -0.2) is 73.9 Å². The molecule has 10 nitrogen and oxygen atoms in total. The molecule has 0 aliphatic carbocycles. The Labute approximate surface area is 224 Å². The topological polar surface area (TPSA) is 140 Å². The molecule has 2 heterocycles. The van der Waals surface area contributed by atoms with Crippen molar-refractivity contribution in [3.63, 3.8) is 0 Å². The van der Waals surface area contributed by atoms with Gasteiger partial charge >= 0.3 is 5.69 Å². The Morgan fingerprint density at radius 3 is 2.47 bits per heavy atom. The summed E-state index contributed by atoms with van der Waals surface area (Å²) in [6, 6.07) is 5.31. The van der Waals surface area contributed by atoms with E-state index in [9.17, 15) is 14.7 Å². The number of amides is 1. The molecule has 1 saturated heterocycles. The first-order valence-electron chi connectivity index (χ1n) is 12.7. The lowest BCUT2D eigenvalue weighted by molar-refractivity contribution is -0.151. The van der Waals surface area contributed by atoms with Crippen LogP contribution >= 0.6 is 0 Å². The van der Waals surface area contributed by atoms with E-state index < -0.39 is 5.69 Å². The molecule has 3 rings (SSSR count). The molecule has 0 atom stereocenters. The second kappa shape index (κ2) is 11.3. The molecule has 1 amide bonds. The lowest BCUT2D eigenvalue weighted by atomic mass is 9.76. The molecular formula is C28H39N7O3. The fraction of sp³-hybridized carbons (Fsp3) is 0.464. The van der Waals surface area contributed by atoms with Crippen LogP contribution in [0.2, 0.25) is 0 Å². The number of hydrogen-bond donors (Lipinski definition) is 3. The van der Waals surface area contributed by atoms with Gasteiger partial charge in [-0.25, -0.2) is 14.8 Å². The molecule has 4 N–H and O–H groups in total. The van der Waals surface area contributed by atoms with Crippen LogP contribution < -0.4 is 11.4 Å². The predicted molar refractivity (Wildman–Crippen MR) is 151 cm³/mol. The van der Waals surface area contributed by atoms with Crippen LogP contribution in [0.15, 0.2) is 57.4 Å². The largest absolute Gasteiger partial charge is 0.507 e. The average Bonchev–Trinajstić information content (AvgIpc) is 2.83. The molecular weight excluding hydrogens is 482 g/mol. The molecule has 2 aromatic rings. The highest BCUT2D eigenvalue weighted by Gasteiger charge is 2.48. The summed E-state index contributed by atoms with van der Waals surface area (Å²) in [7, 11) is 1.96. The first-order chi connectivity index (χ1) is 17.8. The van der Waals surface area contributed by atoms with Crippen molar-refractivity contribution < 1.29 is 9.90 Å². The fourth-order valence-corrected chi connectivity index (χ4v) is 5.58. The van der Waals surface area contributed by atoms with Crippen molar-refractivity contribution >= 4 is 18.3 Å². The average molecular weight is 522 g/mol. The number of benzene rings is 1. The normalized spacial score (nSPS) is 17.8. The third-order valence-electron chi connectivity index (χ3n) is 7.13. The van der Waals surface area contributed by atoms with Gasteiger partial charge in [-0.3, -0.25) is 9.79 Å². The van der Waals surface area contributed by atoms with Crippen LogP contribution in [-0.2, 0) is 4.79 Å². The lowest BCUT2D eigenvalue weighted by Crippen LogP contribution is -2.65. The molecule has 1 fully saturated rings. The minimum Gasteiger partial charge on any atom is -0.507 e. The van der Waals surface area contributed by atoms with E-state index in [4.69, 9.17) is 5.73 Å². The van der Waals surface area contributed by atoms with Crippen LogP contribution in [0, 0.1) is 0 Å². The summed E-state index contributed by atoms with van der Waals surface area (Å²) in [5, 5.41) is 10.7. The lowest BCUT2D eigenvalue weighted by Gasteiger charge is -2.57. The summed E-state index contributed by atoms with van der Waals surface area (Å²) in [4.78, 5) is 43.2. The number of nitrogens with two attached hydrogens (primary N) is 1. The van der Waals surface area contributed by atoms with Crippen LogP contribution in [0.1, 0.15) is 59.4 Å². The zero-order valence-electron chi connectivity index (χ0n) is 23.2. The first-order valence-corrected chi connectivity index (χ1v) is 12.7. The SMILES string of the molecule is C=N/C(=C\N=C(C)c1ccc(-c2cnc(=O)[nH]c2)cc1O)N(C)C1CC(C)(C)N(C(=O)CCN)C(C)(C)C1. The van der Waals surface area contributed by atoms with Gasteiger partial charge < -0.3 is 25.6 Å². The highest BCUT2D eigenvalue weighted by Crippen LogP contribution is 2.41. The molecule has 0 bridgehead atoms. The Morgan fingerprint density at radius 1 is 1.29 bits per heavy atom. The first kappa shape index (κ1) is 28.8. The zero-order chi connectivity index (χ0) is 28.3. The number of likely N-dealkylation sites (tertiary alicyclic amines) is 1. The van der Waals surface area contributed by atoms with Gasteiger partial charge in [0, 0.05) is 66.4 Å². The molecule has 0 radical (unpaired) electrons. The third kappa shape index (κ3) is 6.19. The molecule has 1 aliphatic rings. The summed E-state index contributed by atoms with van der Waals surface area (Å²) in [5.41, 5.74) is 7.08. The van der Waals surface area contributed by atoms with Crippen molar-refractivity contribution in [1.29, 1.82) is 0 Å². The third-order valence-corrected chi connectivity index (χ3v) is 7.13. The maximum Gasteiger partial charge on any atom is 0.344 e. The van der Waals surface area contributed by atoms with Gasteiger partial charge in [-0.1, -0.05) is 6.07 Å². The van der Waals surface area contributed by atoms with Crippen molar-refractivity contribution in [2.45, 2.75) is 71.0 Å². The van der Waals surface area contributed by atoms with Gasteiger partial charge in [-0.15, -0.1) is 0 Å². The molecule has 38 heavy (non-hydrogen) atoms. The van der Waals surface area contributed by atoms with Crippen molar-refractivity contribution in [1.82, 2.24) is 19.8 Å². The number of hydrogen-bond acceptors (Lipinski definition) is 8. The van der Waals surface area contributed by atoms with E-state index in [0.717, 1.165) is 12.8 Å². The highest BCUT2D eigenvalue weighted by molar-refractivity contribution is 6.01. The number of carbonyl (C=O) groups excluding carboxylic acids is 1. The maximum absolute atomic E-state index is 12.9. The number of phenols is 1. The number of phenolic OH excluding ortho intramolecular Hbond substituents is 1. The molecule has 1 aliphatic heterocycles. The minimum absolute atomic E-state index is 0.0582. The second-order valence-electron chi connectivity index (χ2n) is 11.0. The van der Waals surface area contributed by atoms with Gasteiger partial charge in [0.2, 0.25) is 5.91 Å². The highest BCUT2D eigenvalue weighted by atomic mass is 16.3. The van der Waals surface area contributed by atoms with E-state index in [1.165, 1.54) is 6.20 Å². The standard InChI is InChI=1S/C28H39N7O3/c1-18(22-9-8-19(12-23(22)36)20-15-32-26(38)33-16-20)31-17-24(30-6)34(7)21-13-27(2,3)35(25(37)10-11-29)28(4,5)14-21/h8-9,12,15-17,21,36H,6,10-11,13-14,29H2,1-5,7H3,(H,32,33,38)/b24-17+,31-18?. The quantitative estimate of drug-likeness (QED) is 0.456. The van der Waals surface area contributed by atoms with Crippen LogP contribution in [0.4, 0.5) is 0 Å².